The summed E-state index contributed by atoms with van der Waals surface area (Å²) < 4.78 is 10.4. The van der Waals surface area contributed by atoms with Crippen molar-refractivity contribution in [3.8, 4) is 11.6 Å². The fourth-order valence-corrected chi connectivity index (χ4v) is 2.01. The van der Waals surface area contributed by atoms with Crippen LogP contribution >= 0.6 is 0 Å². The minimum Gasteiger partial charge on any atom is -0.497 e. The number of carbonyl (C=O) groups is 2. The van der Waals surface area contributed by atoms with E-state index >= 15 is 0 Å². The molecule has 0 aliphatic rings. The Morgan fingerprint density at radius 1 is 1.08 bits per heavy atom. The number of hydrogen-bond donors (Lipinski definition) is 3. The highest BCUT2D eigenvalue weighted by Crippen LogP contribution is 2.12. The van der Waals surface area contributed by atoms with Gasteiger partial charge in [-0.05, 0) is 30.7 Å². The number of aromatic nitrogens is 1. The van der Waals surface area contributed by atoms with Gasteiger partial charge in [0.1, 0.15) is 5.75 Å². The minimum absolute atomic E-state index is 0.147. The van der Waals surface area contributed by atoms with Crippen LogP contribution in [0.15, 0.2) is 42.6 Å². The summed E-state index contributed by atoms with van der Waals surface area (Å²) in [6.07, 6.45) is 1.46. The highest BCUT2D eigenvalue weighted by atomic mass is 16.5. The molecule has 0 aliphatic heterocycles. The lowest BCUT2D eigenvalue weighted by Crippen LogP contribution is -2.28. The number of hydrogen-bond acceptors (Lipinski definition) is 5. The summed E-state index contributed by atoms with van der Waals surface area (Å²) in [5.41, 5.74) is 1.49. The number of urea groups is 1. The van der Waals surface area contributed by atoms with Gasteiger partial charge in [-0.25, -0.2) is 9.78 Å². The molecule has 0 radical (unpaired) electrons. The summed E-state index contributed by atoms with van der Waals surface area (Å²) in [4.78, 5) is 27.3. The molecule has 0 saturated heterocycles. The van der Waals surface area contributed by atoms with Crippen molar-refractivity contribution >= 4 is 17.6 Å². The Kier molecular flexibility index (Phi) is 7.23. The quantitative estimate of drug-likeness (QED) is 0.669. The first-order valence-electron chi connectivity index (χ1n) is 8.14. The second-order valence-corrected chi connectivity index (χ2v) is 5.28. The van der Waals surface area contributed by atoms with Crippen LogP contribution < -0.4 is 25.4 Å². The minimum atomic E-state index is -0.305. The zero-order valence-electron chi connectivity index (χ0n) is 14.7. The van der Waals surface area contributed by atoms with Gasteiger partial charge in [0.25, 0.3) is 5.91 Å². The lowest BCUT2D eigenvalue weighted by atomic mass is 10.2. The van der Waals surface area contributed by atoms with Crippen LogP contribution in [-0.2, 0) is 11.3 Å². The largest absolute Gasteiger partial charge is 0.497 e. The van der Waals surface area contributed by atoms with E-state index < -0.39 is 0 Å². The van der Waals surface area contributed by atoms with Crippen LogP contribution in [0.2, 0.25) is 0 Å². The molecule has 0 fully saturated rings. The average molecular weight is 358 g/mol. The molecule has 3 amide bonds. The second-order valence-electron chi connectivity index (χ2n) is 5.28. The first-order chi connectivity index (χ1) is 12.6. The molecule has 8 nitrogen and oxygen atoms in total. The first kappa shape index (κ1) is 19.0. The third-order valence-electron chi connectivity index (χ3n) is 3.33. The summed E-state index contributed by atoms with van der Waals surface area (Å²) in [7, 11) is 1.60. The van der Waals surface area contributed by atoms with E-state index in [4.69, 9.17) is 9.47 Å². The monoisotopic (exact) mass is 358 g/mol. The third kappa shape index (κ3) is 6.31. The Labute approximate surface area is 151 Å². The smallest absolute Gasteiger partial charge is 0.319 e. The van der Waals surface area contributed by atoms with Crippen LogP contribution in [0.4, 0.5) is 10.5 Å². The number of ether oxygens (including phenoxy) is 2. The van der Waals surface area contributed by atoms with Crippen LogP contribution in [0.1, 0.15) is 12.5 Å². The number of anilines is 1. The van der Waals surface area contributed by atoms with Gasteiger partial charge in [-0.3, -0.25) is 4.79 Å². The van der Waals surface area contributed by atoms with Crippen molar-refractivity contribution < 1.29 is 19.1 Å². The molecule has 1 aromatic carbocycles. The van der Waals surface area contributed by atoms with Gasteiger partial charge in [0, 0.05) is 19.2 Å². The van der Waals surface area contributed by atoms with Gasteiger partial charge >= 0.3 is 6.03 Å². The van der Waals surface area contributed by atoms with Crippen molar-refractivity contribution in [2.24, 2.45) is 0 Å². The van der Waals surface area contributed by atoms with Crippen molar-refractivity contribution in [1.82, 2.24) is 15.6 Å². The van der Waals surface area contributed by atoms with Crippen molar-refractivity contribution in [3.63, 3.8) is 0 Å². The molecule has 0 atom stereocenters. The first-order valence-corrected chi connectivity index (χ1v) is 8.14. The molecule has 0 bridgehead atoms. The Hall–Kier alpha value is -3.29. The standard InChI is InChI=1S/C18H22N4O4/c1-3-19-18(24)22-14-6-9-17(21-11-14)26-12-16(23)20-10-13-4-7-15(25-2)8-5-13/h4-9,11H,3,10,12H2,1-2H3,(H,20,23)(H2,19,22,24). The molecule has 0 spiro atoms. The molecule has 3 N–H and O–H groups in total. The van der Waals surface area contributed by atoms with E-state index in [1.807, 2.05) is 31.2 Å². The average Bonchev–Trinajstić information content (AvgIpc) is 2.66. The summed E-state index contributed by atoms with van der Waals surface area (Å²) in [6.45, 7) is 2.61. The highest BCUT2D eigenvalue weighted by Gasteiger charge is 2.05. The number of pyridine rings is 1. The molecule has 2 aromatic rings. The third-order valence-corrected chi connectivity index (χ3v) is 3.33. The van der Waals surface area contributed by atoms with Gasteiger partial charge in [-0.1, -0.05) is 12.1 Å². The predicted octanol–water partition coefficient (Wildman–Crippen LogP) is 1.93. The fraction of sp³-hybridized carbons (Fsp3) is 0.278. The van der Waals surface area contributed by atoms with Crippen LogP contribution in [0.3, 0.4) is 0 Å². The molecule has 0 unspecified atom stereocenters. The molecule has 2 rings (SSSR count). The Morgan fingerprint density at radius 2 is 1.85 bits per heavy atom. The summed E-state index contributed by atoms with van der Waals surface area (Å²) in [5.74, 6) is 0.804. The number of methoxy groups -OCH3 is 1. The molecular formula is C18H22N4O4. The number of rotatable bonds is 8. The molecule has 0 saturated carbocycles. The molecule has 0 aliphatic carbocycles. The highest BCUT2D eigenvalue weighted by molar-refractivity contribution is 5.88. The lowest BCUT2D eigenvalue weighted by Gasteiger charge is -2.09. The summed E-state index contributed by atoms with van der Waals surface area (Å²) in [5, 5.41) is 8.00. The van der Waals surface area contributed by atoms with Crippen LogP contribution in [0, 0.1) is 0 Å². The number of nitrogens with one attached hydrogen (secondary N) is 3. The van der Waals surface area contributed by atoms with E-state index in [1.54, 1.807) is 19.2 Å². The lowest BCUT2D eigenvalue weighted by molar-refractivity contribution is -0.123. The van der Waals surface area contributed by atoms with Crippen LogP contribution in [-0.4, -0.2) is 37.2 Å². The van der Waals surface area contributed by atoms with Crippen molar-refractivity contribution in [2.45, 2.75) is 13.5 Å². The molecule has 1 aromatic heterocycles. The van der Waals surface area contributed by atoms with Crippen molar-refractivity contribution in [2.75, 3.05) is 25.6 Å². The molecule has 8 heteroatoms. The maximum absolute atomic E-state index is 11.8. The maximum atomic E-state index is 11.8. The van der Waals surface area contributed by atoms with Gasteiger partial charge < -0.3 is 25.4 Å². The van der Waals surface area contributed by atoms with Gasteiger partial charge in [-0.2, -0.15) is 0 Å². The number of nitrogens with zero attached hydrogens (tertiary/aromatic N) is 1. The van der Waals surface area contributed by atoms with Gasteiger partial charge in [0.05, 0.1) is 19.0 Å². The summed E-state index contributed by atoms with van der Waals surface area (Å²) >= 11 is 0. The van der Waals surface area contributed by atoms with Gasteiger partial charge in [0.15, 0.2) is 6.61 Å². The Bertz CT molecular complexity index is 717. The number of carbonyl (C=O) groups excluding carboxylic acids is 2. The number of benzene rings is 1. The van der Waals surface area contributed by atoms with E-state index in [-0.39, 0.29) is 18.5 Å². The normalized spacial score (nSPS) is 9.92. The van der Waals surface area contributed by atoms with Gasteiger partial charge in [-0.15, -0.1) is 0 Å². The summed E-state index contributed by atoms with van der Waals surface area (Å²) in [6, 6.07) is 10.3. The van der Waals surface area contributed by atoms with E-state index in [2.05, 4.69) is 20.9 Å². The molecule has 26 heavy (non-hydrogen) atoms. The SMILES string of the molecule is CCNC(=O)Nc1ccc(OCC(=O)NCc2ccc(OC)cc2)nc1. The predicted molar refractivity (Wildman–Crippen MR) is 97.3 cm³/mol. The maximum Gasteiger partial charge on any atom is 0.319 e. The zero-order valence-corrected chi connectivity index (χ0v) is 14.7. The van der Waals surface area contributed by atoms with E-state index in [0.29, 0.717) is 24.7 Å². The van der Waals surface area contributed by atoms with Crippen LogP contribution in [0.5, 0.6) is 11.6 Å². The molecular weight excluding hydrogens is 336 g/mol. The molecule has 1 heterocycles. The van der Waals surface area contributed by atoms with Gasteiger partial charge in [0.2, 0.25) is 5.88 Å². The van der Waals surface area contributed by atoms with E-state index in [9.17, 15) is 9.59 Å². The topological polar surface area (TPSA) is 102 Å². The van der Waals surface area contributed by atoms with Crippen molar-refractivity contribution in [3.05, 3.63) is 48.2 Å². The zero-order chi connectivity index (χ0) is 18.8. The Morgan fingerprint density at radius 3 is 2.46 bits per heavy atom. The van der Waals surface area contributed by atoms with Crippen molar-refractivity contribution in [1.29, 1.82) is 0 Å². The molecule has 138 valence electrons. The number of amides is 3. The Balaban J connectivity index is 1.73. The van der Waals surface area contributed by atoms with E-state index in [0.717, 1.165) is 11.3 Å². The van der Waals surface area contributed by atoms with E-state index in [1.165, 1.54) is 6.20 Å². The second kappa shape index (κ2) is 9.87. The van der Waals surface area contributed by atoms with Crippen LogP contribution in [0.25, 0.3) is 0 Å². The fourth-order valence-electron chi connectivity index (χ4n) is 2.01.